The second-order valence-corrected chi connectivity index (χ2v) is 1.86. The van der Waals surface area contributed by atoms with E-state index in [0.29, 0.717) is 0 Å². The van der Waals surface area contributed by atoms with Gasteiger partial charge in [0.2, 0.25) is 0 Å². The lowest BCUT2D eigenvalue weighted by Gasteiger charge is -1.92. The molecule has 2 atom stereocenters. The molecule has 0 bridgehead atoms. The Morgan fingerprint density at radius 2 is 2.29 bits per heavy atom. The summed E-state index contributed by atoms with van der Waals surface area (Å²) in [5, 5.41) is 8.02. The molecule has 0 amide bonds. The number of hydrogen-bond acceptors (Lipinski definition) is 1. The van der Waals surface area contributed by atoms with Crippen molar-refractivity contribution in [2.75, 3.05) is 6.61 Å². The van der Waals surface area contributed by atoms with Gasteiger partial charge in [-0.25, -0.2) is 8.78 Å². The van der Waals surface area contributed by atoms with E-state index in [-0.39, 0.29) is 6.42 Å². The van der Waals surface area contributed by atoms with Crippen LogP contribution >= 0.6 is 0 Å². The highest BCUT2D eigenvalue weighted by Gasteiger charge is 2.56. The van der Waals surface area contributed by atoms with Crippen molar-refractivity contribution in [1.29, 1.82) is 0 Å². The van der Waals surface area contributed by atoms with Crippen molar-refractivity contribution in [2.24, 2.45) is 0 Å². The Morgan fingerprint density at radius 1 is 1.86 bits per heavy atom. The van der Waals surface area contributed by atoms with E-state index >= 15 is 0 Å². The number of halogens is 2. The highest BCUT2D eigenvalue weighted by molar-refractivity contribution is 5.04. The van der Waals surface area contributed by atoms with Crippen LogP contribution in [0.5, 0.6) is 0 Å². The van der Waals surface area contributed by atoms with E-state index in [2.05, 4.69) is 0 Å². The molecule has 0 spiro atoms. The van der Waals surface area contributed by atoms with E-state index in [1.54, 1.807) is 0 Å². The summed E-state index contributed by atoms with van der Waals surface area (Å²) in [7, 11) is 0. The number of hydrogen-bond donors (Lipinski definition) is 1. The van der Waals surface area contributed by atoms with Gasteiger partial charge in [-0.05, 0) is 0 Å². The molecule has 0 aliphatic heterocycles. The summed E-state index contributed by atoms with van der Waals surface area (Å²) >= 11 is 0. The molecular weight excluding hydrogens is 102 g/mol. The molecule has 1 aliphatic carbocycles. The summed E-state index contributed by atoms with van der Waals surface area (Å²) in [6, 6.07) is 0. The van der Waals surface area contributed by atoms with E-state index in [9.17, 15) is 8.78 Å². The molecule has 0 radical (unpaired) electrons. The maximum Gasteiger partial charge on any atom is 0.167 e. The summed E-state index contributed by atoms with van der Waals surface area (Å²) in [5.74, 6) is 0. The molecule has 1 aliphatic rings. The van der Waals surface area contributed by atoms with Crippen LogP contribution in [-0.2, 0) is 0 Å². The fourth-order valence-corrected chi connectivity index (χ4v) is 0.403. The predicted octanol–water partition coefficient (Wildman–Crippen LogP) is 0.429. The van der Waals surface area contributed by atoms with E-state index < -0.39 is 18.4 Å². The maximum atomic E-state index is 12.0. The first kappa shape index (κ1) is 4.97. The number of aliphatic hydroxyl groups excluding tert-OH is 1. The Bertz CT molecular complexity index is 81.8. The van der Waals surface area contributed by atoms with Gasteiger partial charge in [-0.3, -0.25) is 0 Å². The average Bonchev–Trinajstić information content (AvgIpc) is 2.18. The Labute approximate surface area is 40.0 Å². The van der Waals surface area contributed by atoms with Crippen LogP contribution in [-0.4, -0.2) is 23.6 Å². The number of alkyl halides is 2. The first-order chi connectivity index (χ1) is 3.19. The van der Waals surface area contributed by atoms with Gasteiger partial charge in [0.25, 0.3) is 0 Å². The third-order valence-corrected chi connectivity index (χ3v) is 1.18. The summed E-state index contributed by atoms with van der Waals surface area (Å²) in [4.78, 5) is 0. The van der Waals surface area contributed by atoms with Gasteiger partial charge in [-0.15, -0.1) is 0 Å². The van der Waals surface area contributed by atoms with Crippen molar-refractivity contribution in [1.82, 2.24) is 0 Å². The largest absolute Gasteiger partial charge is 0.393 e. The van der Waals surface area contributed by atoms with Gasteiger partial charge in [0, 0.05) is 6.42 Å². The molecule has 0 aromatic carbocycles. The fraction of sp³-hybridized carbons (Fsp3) is 1.00. The van der Waals surface area contributed by atoms with Crippen molar-refractivity contribution in [3.05, 3.63) is 0 Å². The lowest BCUT2D eigenvalue weighted by atomic mass is 10.4. The molecule has 7 heavy (non-hydrogen) atoms. The second kappa shape index (κ2) is 1.15. The van der Waals surface area contributed by atoms with Crippen molar-refractivity contribution in [2.45, 2.75) is 18.3 Å². The van der Waals surface area contributed by atoms with Gasteiger partial charge in [-0.2, -0.15) is 0 Å². The minimum Gasteiger partial charge on any atom is -0.393 e. The highest BCUT2D eigenvalue weighted by Crippen LogP contribution is 2.42. The third-order valence-electron chi connectivity index (χ3n) is 1.18. The SMILES string of the molecule is OC[C@]1(F)C[C@@H]1F. The van der Waals surface area contributed by atoms with Crippen LogP contribution in [0, 0.1) is 0 Å². The fourth-order valence-electron chi connectivity index (χ4n) is 0.403. The zero-order valence-electron chi connectivity index (χ0n) is 3.69. The van der Waals surface area contributed by atoms with Crippen molar-refractivity contribution in [3.63, 3.8) is 0 Å². The smallest absolute Gasteiger partial charge is 0.167 e. The first-order valence-corrected chi connectivity index (χ1v) is 2.13. The molecule has 0 heterocycles. The minimum absolute atomic E-state index is 0.122. The van der Waals surface area contributed by atoms with Crippen molar-refractivity contribution >= 4 is 0 Å². The monoisotopic (exact) mass is 108 g/mol. The first-order valence-electron chi connectivity index (χ1n) is 2.13. The van der Waals surface area contributed by atoms with Gasteiger partial charge in [-0.1, -0.05) is 0 Å². The number of aliphatic hydroxyl groups is 1. The van der Waals surface area contributed by atoms with Crippen LogP contribution in [0.3, 0.4) is 0 Å². The van der Waals surface area contributed by atoms with Gasteiger partial charge in [0.15, 0.2) is 5.67 Å². The van der Waals surface area contributed by atoms with Crippen LogP contribution in [0.25, 0.3) is 0 Å². The van der Waals surface area contributed by atoms with Gasteiger partial charge < -0.3 is 5.11 Å². The van der Waals surface area contributed by atoms with E-state index in [1.807, 2.05) is 0 Å². The zero-order chi connectivity index (χ0) is 5.49. The molecule has 0 saturated heterocycles. The van der Waals surface area contributed by atoms with Crippen LogP contribution < -0.4 is 0 Å². The highest BCUT2D eigenvalue weighted by atomic mass is 19.2. The summed E-state index contributed by atoms with van der Waals surface area (Å²) in [6.45, 7) is -0.672. The number of rotatable bonds is 1. The third kappa shape index (κ3) is 0.608. The Morgan fingerprint density at radius 3 is 2.29 bits per heavy atom. The lowest BCUT2D eigenvalue weighted by molar-refractivity contribution is 0.135. The standard InChI is InChI=1S/C4H6F2O/c5-3-1-4(3,6)2-7/h3,7H,1-2H2/t3-,4+/m0/s1. The van der Waals surface area contributed by atoms with Crippen LogP contribution in [0.15, 0.2) is 0 Å². The van der Waals surface area contributed by atoms with Crippen molar-refractivity contribution < 1.29 is 13.9 Å². The molecular formula is C4H6F2O. The molecule has 1 saturated carbocycles. The molecule has 1 N–H and O–H groups in total. The van der Waals surface area contributed by atoms with E-state index in [4.69, 9.17) is 5.11 Å². The molecule has 3 heteroatoms. The Kier molecular flexibility index (Phi) is 0.819. The molecule has 0 aromatic rings. The predicted molar refractivity (Wildman–Crippen MR) is 20.4 cm³/mol. The van der Waals surface area contributed by atoms with E-state index in [1.165, 1.54) is 0 Å². The minimum atomic E-state index is -1.86. The molecule has 0 aromatic heterocycles. The maximum absolute atomic E-state index is 12.0. The molecule has 1 rings (SSSR count). The van der Waals surface area contributed by atoms with Gasteiger partial charge in [0.05, 0.1) is 6.61 Å². The van der Waals surface area contributed by atoms with Gasteiger partial charge in [0.1, 0.15) is 6.17 Å². The Hall–Kier alpha value is -0.180. The average molecular weight is 108 g/mol. The molecule has 1 nitrogen and oxygen atoms in total. The van der Waals surface area contributed by atoms with Crippen molar-refractivity contribution in [3.8, 4) is 0 Å². The van der Waals surface area contributed by atoms with E-state index in [0.717, 1.165) is 0 Å². The summed E-state index contributed by atoms with van der Waals surface area (Å²) in [6.07, 6.45) is -1.53. The quantitative estimate of drug-likeness (QED) is 0.516. The van der Waals surface area contributed by atoms with Crippen LogP contribution in [0.2, 0.25) is 0 Å². The topological polar surface area (TPSA) is 20.2 Å². The summed E-state index contributed by atoms with van der Waals surface area (Å²) < 4.78 is 23.6. The Balaban J connectivity index is 2.36. The molecule has 0 unspecified atom stereocenters. The van der Waals surface area contributed by atoms with Crippen LogP contribution in [0.1, 0.15) is 6.42 Å². The second-order valence-electron chi connectivity index (χ2n) is 1.86. The van der Waals surface area contributed by atoms with Crippen LogP contribution in [0.4, 0.5) is 8.78 Å². The molecule has 1 fully saturated rings. The van der Waals surface area contributed by atoms with Gasteiger partial charge >= 0.3 is 0 Å². The molecule has 42 valence electrons. The normalized spacial score (nSPS) is 49.3. The lowest BCUT2D eigenvalue weighted by Crippen LogP contribution is -2.09. The zero-order valence-corrected chi connectivity index (χ0v) is 3.69. The summed E-state index contributed by atoms with van der Waals surface area (Å²) in [5.41, 5.74) is -1.86.